The molecule has 0 bridgehead atoms. The van der Waals surface area contributed by atoms with Gasteiger partial charge in [0.2, 0.25) is 5.91 Å². The number of anilines is 4. The van der Waals surface area contributed by atoms with Gasteiger partial charge in [-0.25, -0.2) is 19.9 Å². The molecule has 5 rings (SSSR count). The Morgan fingerprint density at radius 1 is 0.953 bits per heavy atom. The molecule has 13 nitrogen and oxygen atoms in total. The largest absolute Gasteiger partial charge is 0.465 e. The molecule has 2 aromatic rings. The third-order valence-corrected chi connectivity index (χ3v) is 8.53. The van der Waals surface area contributed by atoms with Crippen molar-refractivity contribution in [1.29, 1.82) is 0 Å². The van der Waals surface area contributed by atoms with Crippen LogP contribution in [-0.4, -0.2) is 90.0 Å². The summed E-state index contributed by atoms with van der Waals surface area (Å²) in [5, 5.41) is 9.41. The molecule has 2 fully saturated rings. The Morgan fingerprint density at radius 3 is 2.23 bits per heavy atom. The maximum absolute atomic E-state index is 12.3. The number of amides is 1. The average molecular weight is 732 g/mol. The van der Waals surface area contributed by atoms with E-state index in [4.69, 9.17) is 14.2 Å². The predicted molar refractivity (Wildman–Crippen MR) is 170 cm³/mol. The van der Waals surface area contributed by atoms with Gasteiger partial charge in [0.05, 0.1) is 37.8 Å². The molecule has 0 saturated heterocycles. The number of nitrogens with one attached hydrogen (secondary N) is 3. The zero-order valence-corrected chi connectivity index (χ0v) is 27.9. The molecule has 3 heterocycles. The zero-order chi connectivity index (χ0) is 30.8. The van der Waals surface area contributed by atoms with Crippen molar-refractivity contribution in [2.24, 2.45) is 0 Å². The first-order valence-corrected chi connectivity index (χ1v) is 16.2. The fourth-order valence-corrected chi connectivity index (χ4v) is 6.08. The lowest BCUT2D eigenvalue weighted by molar-refractivity contribution is -0.140. The number of nitrogens with zero attached hydrogens (tertiary/aromatic N) is 5. The summed E-state index contributed by atoms with van der Waals surface area (Å²) < 4.78 is 17.0. The molecule has 2 aliphatic carbocycles. The Kier molecular flexibility index (Phi) is 12.7. The lowest BCUT2D eigenvalue weighted by Crippen LogP contribution is -2.49. The first-order chi connectivity index (χ1) is 20.8. The summed E-state index contributed by atoms with van der Waals surface area (Å²) in [6.07, 6.45) is 11.8. The molecule has 0 atom stereocenters. The fourth-order valence-electron chi connectivity index (χ4n) is 5.53. The Morgan fingerprint density at radius 2 is 1.58 bits per heavy atom. The highest BCUT2D eigenvalue weighted by molar-refractivity contribution is 9.10. The number of methoxy groups -OCH3 is 2. The van der Waals surface area contributed by atoms with Crippen LogP contribution in [0.3, 0.4) is 0 Å². The van der Waals surface area contributed by atoms with Crippen LogP contribution >= 0.6 is 31.9 Å². The van der Waals surface area contributed by atoms with Crippen molar-refractivity contribution in [3.8, 4) is 0 Å². The molecule has 3 N–H and O–H groups in total. The van der Waals surface area contributed by atoms with Gasteiger partial charge in [-0.2, -0.15) is 0 Å². The number of halogens is 2. The molecule has 43 heavy (non-hydrogen) atoms. The third kappa shape index (κ3) is 9.43. The number of carbonyl (C=O) groups is 2. The zero-order valence-electron chi connectivity index (χ0n) is 24.8. The second-order valence-corrected chi connectivity index (χ2v) is 12.2. The third-order valence-electron chi connectivity index (χ3n) is 7.77. The van der Waals surface area contributed by atoms with Crippen molar-refractivity contribution >= 4 is 67.0 Å². The van der Waals surface area contributed by atoms with Crippen LogP contribution < -0.4 is 20.9 Å². The summed E-state index contributed by atoms with van der Waals surface area (Å²) in [5.74, 6) is 2.26. The number of ether oxygens (including phenoxy) is 3. The topological polar surface area (TPSA) is 153 Å². The molecule has 0 radical (unpaired) electrons. The van der Waals surface area contributed by atoms with Crippen LogP contribution in [-0.2, 0) is 23.8 Å². The summed E-state index contributed by atoms with van der Waals surface area (Å²) >= 11 is 6.66. The van der Waals surface area contributed by atoms with Gasteiger partial charge in [-0.15, -0.1) is 0 Å². The highest BCUT2D eigenvalue weighted by Gasteiger charge is 2.35. The monoisotopic (exact) mass is 730 g/mol. The highest BCUT2D eigenvalue weighted by atomic mass is 79.9. The predicted octanol–water partition coefficient (Wildman–Crippen LogP) is 4.54. The molecule has 0 spiro atoms. The quantitative estimate of drug-likeness (QED) is 0.245. The van der Waals surface area contributed by atoms with Crippen LogP contribution in [0.15, 0.2) is 21.6 Å². The van der Waals surface area contributed by atoms with Crippen molar-refractivity contribution < 1.29 is 23.8 Å². The van der Waals surface area contributed by atoms with Crippen molar-refractivity contribution in [2.45, 2.75) is 82.6 Å². The Hall–Kier alpha value is -2.62. The summed E-state index contributed by atoms with van der Waals surface area (Å²) in [6.45, 7) is 2.49. The molecule has 1 aliphatic heterocycles. The second kappa shape index (κ2) is 16.5. The number of fused-ring (bicyclic) bond motifs is 1. The molecule has 2 saturated carbocycles. The number of rotatable bonds is 9. The standard InChI is InChI=1S/C15H23BrN4O3.C13H17BrN4O2/c1-3-23-13(21)9-18-14-15(20-12(16)8-17-14)19-10-4-6-11(22-2)7-5-10;1-20-9-4-2-8(3-5-9)18-11(19)7-16-12-13(18)17-10(14)6-15-12/h8,10-11H,3-7,9H2,1-2H3,(H,17,18)(H,19,20);6,8-9H,2-5,7H2,1H3,(H,15,16)/i9+1,13+1;7+1,11+1. The minimum Gasteiger partial charge on any atom is -0.465 e. The van der Waals surface area contributed by atoms with E-state index in [2.05, 4.69) is 67.7 Å². The van der Waals surface area contributed by atoms with E-state index in [0.717, 1.165) is 51.4 Å². The summed E-state index contributed by atoms with van der Waals surface area (Å²) in [7, 11) is 3.51. The Balaban J connectivity index is 0.000000198. The van der Waals surface area contributed by atoms with E-state index in [0.29, 0.717) is 57.3 Å². The molecule has 236 valence electrons. The van der Waals surface area contributed by atoms with Gasteiger partial charge >= 0.3 is 5.97 Å². The van der Waals surface area contributed by atoms with E-state index in [1.54, 1.807) is 33.5 Å². The smallest absolute Gasteiger partial charge is 0.325 e. The van der Waals surface area contributed by atoms with E-state index in [1.165, 1.54) is 0 Å². The molecule has 0 unspecified atom stereocenters. The Labute approximate surface area is 268 Å². The van der Waals surface area contributed by atoms with Crippen molar-refractivity contribution in [2.75, 3.05) is 54.8 Å². The maximum atomic E-state index is 12.3. The molecule has 2 aromatic heterocycles. The molecular weight excluding hydrogens is 692 g/mol. The number of carbonyl (C=O) groups excluding carboxylic acids is 2. The van der Waals surface area contributed by atoms with Gasteiger partial charge in [0, 0.05) is 26.3 Å². The molecular formula is C28H40Br2N8O5. The average Bonchev–Trinajstić information content (AvgIpc) is 3.01. The molecule has 3 aliphatic rings. The first kappa shape index (κ1) is 33.3. The van der Waals surface area contributed by atoms with Crippen LogP contribution in [0.4, 0.5) is 23.3 Å². The van der Waals surface area contributed by atoms with Crippen LogP contribution in [0.1, 0.15) is 58.3 Å². The van der Waals surface area contributed by atoms with Gasteiger partial charge in [0.15, 0.2) is 23.3 Å². The minimum atomic E-state index is -0.316. The number of hydrogen-bond donors (Lipinski definition) is 3. The number of esters is 1. The van der Waals surface area contributed by atoms with E-state index in [9.17, 15) is 9.59 Å². The van der Waals surface area contributed by atoms with Crippen molar-refractivity contribution in [3.05, 3.63) is 21.6 Å². The SMILES string of the molecule is CCO[13C](=O)[13CH2]Nc1ncc(Br)nc1NC1CCC(OC)CC1.COC1CCC(N2c3nc(Br)cnc3N[13CH2][13C]2=O)CC1. The fraction of sp³-hybridized carbons (Fsp3) is 0.643. The minimum absolute atomic E-state index is 0.0609. The summed E-state index contributed by atoms with van der Waals surface area (Å²) in [4.78, 5) is 43.0. The summed E-state index contributed by atoms with van der Waals surface area (Å²) in [6, 6.07) is 0.520. The van der Waals surface area contributed by atoms with Gasteiger partial charge in [-0.3, -0.25) is 14.5 Å². The van der Waals surface area contributed by atoms with E-state index in [1.807, 2.05) is 4.90 Å². The lowest BCUT2D eigenvalue weighted by atomic mass is 9.92. The normalized spacial score (nSPS) is 23.3. The maximum Gasteiger partial charge on any atom is 0.325 e. The van der Waals surface area contributed by atoms with Crippen LogP contribution in [0, 0.1) is 0 Å². The first-order valence-electron chi connectivity index (χ1n) is 14.6. The Bertz CT molecular complexity index is 1230. The highest BCUT2D eigenvalue weighted by Crippen LogP contribution is 2.34. The number of aromatic nitrogens is 4. The lowest BCUT2D eigenvalue weighted by Gasteiger charge is -2.38. The van der Waals surface area contributed by atoms with Gasteiger partial charge in [0.25, 0.3) is 0 Å². The van der Waals surface area contributed by atoms with Crippen LogP contribution in [0.2, 0.25) is 0 Å². The van der Waals surface area contributed by atoms with Crippen LogP contribution in [0.25, 0.3) is 0 Å². The number of hydrogen-bond acceptors (Lipinski definition) is 12. The summed E-state index contributed by atoms with van der Waals surface area (Å²) in [5.41, 5.74) is 0. The van der Waals surface area contributed by atoms with Gasteiger partial charge < -0.3 is 30.2 Å². The van der Waals surface area contributed by atoms with Crippen LogP contribution in [0.5, 0.6) is 0 Å². The van der Waals surface area contributed by atoms with Gasteiger partial charge in [-0.1, -0.05) is 0 Å². The molecule has 15 heteroatoms. The van der Waals surface area contributed by atoms with Gasteiger partial charge in [-0.05, 0) is 90.2 Å². The van der Waals surface area contributed by atoms with E-state index < -0.39 is 0 Å². The van der Waals surface area contributed by atoms with E-state index >= 15 is 0 Å². The van der Waals surface area contributed by atoms with Gasteiger partial charge in [0.1, 0.15) is 15.8 Å². The molecule has 0 aromatic carbocycles. The molecule has 1 amide bonds. The van der Waals surface area contributed by atoms with E-state index in [-0.39, 0.29) is 31.0 Å². The second-order valence-electron chi connectivity index (χ2n) is 10.6. The van der Waals surface area contributed by atoms with Crippen molar-refractivity contribution in [3.63, 3.8) is 0 Å². The van der Waals surface area contributed by atoms with Crippen molar-refractivity contribution in [1.82, 2.24) is 19.9 Å².